The van der Waals surface area contributed by atoms with Gasteiger partial charge >= 0.3 is 0 Å². The summed E-state index contributed by atoms with van der Waals surface area (Å²) in [6.45, 7) is 4.63. The van der Waals surface area contributed by atoms with Crippen LogP contribution in [0, 0.1) is 17.2 Å². The fraction of sp³-hybridized carbons (Fsp3) is 0.433. The SMILES string of the molecule is CCc1cccc(-c2ccc(CN3CCC(CC#N)(n4cc(C(N)O)c(NC(=O)C5CC5)n4)CC3)cc2)c1. The van der Waals surface area contributed by atoms with E-state index in [9.17, 15) is 15.2 Å². The van der Waals surface area contributed by atoms with Gasteiger partial charge in [-0.2, -0.15) is 10.4 Å². The van der Waals surface area contributed by atoms with E-state index < -0.39 is 11.8 Å². The van der Waals surface area contributed by atoms with Crippen LogP contribution >= 0.6 is 0 Å². The predicted octanol–water partition coefficient (Wildman–Crippen LogP) is 4.32. The minimum atomic E-state index is -1.26. The Bertz CT molecular complexity index is 1310. The summed E-state index contributed by atoms with van der Waals surface area (Å²) < 4.78 is 1.76. The van der Waals surface area contributed by atoms with Gasteiger partial charge in [-0.1, -0.05) is 55.5 Å². The lowest BCUT2D eigenvalue weighted by atomic mass is 9.84. The molecular formula is C30H36N6O2. The highest BCUT2D eigenvalue weighted by Crippen LogP contribution is 2.36. The van der Waals surface area contributed by atoms with Crippen LogP contribution in [-0.4, -0.2) is 38.8 Å². The third-order valence-corrected chi connectivity index (χ3v) is 7.96. The van der Waals surface area contributed by atoms with Gasteiger partial charge in [-0.05, 0) is 54.4 Å². The number of rotatable bonds is 9. The summed E-state index contributed by atoms with van der Waals surface area (Å²) >= 11 is 0. The van der Waals surface area contributed by atoms with Crippen LogP contribution in [0.2, 0.25) is 0 Å². The number of piperidine rings is 1. The number of amides is 1. The number of nitriles is 1. The molecule has 3 aromatic rings. The van der Waals surface area contributed by atoms with E-state index in [0.29, 0.717) is 17.8 Å². The van der Waals surface area contributed by atoms with E-state index >= 15 is 0 Å². The largest absolute Gasteiger partial charge is 0.374 e. The maximum absolute atomic E-state index is 12.3. The molecule has 1 aromatic heterocycles. The van der Waals surface area contributed by atoms with Crippen molar-refractivity contribution in [3.63, 3.8) is 0 Å². The van der Waals surface area contributed by atoms with Crippen molar-refractivity contribution in [1.82, 2.24) is 14.7 Å². The van der Waals surface area contributed by atoms with E-state index in [1.165, 1.54) is 22.3 Å². The maximum atomic E-state index is 12.3. The first kappa shape index (κ1) is 26.1. The monoisotopic (exact) mass is 512 g/mol. The minimum absolute atomic E-state index is 0.00907. The van der Waals surface area contributed by atoms with E-state index in [1.807, 2.05) is 0 Å². The number of hydrogen-bond acceptors (Lipinski definition) is 6. The van der Waals surface area contributed by atoms with Crippen LogP contribution in [0.1, 0.15) is 61.9 Å². The summed E-state index contributed by atoms with van der Waals surface area (Å²) in [6, 6.07) is 19.8. The number of nitrogens with one attached hydrogen (secondary N) is 1. The first-order valence-corrected chi connectivity index (χ1v) is 13.5. The molecular weight excluding hydrogens is 476 g/mol. The number of carbonyl (C=O) groups excluding carboxylic acids is 1. The summed E-state index contributed by atoms with van der Waals surface area (Å²) in [5.41, 5.74) is 10.7. The Kier molecular flexibility index (Phi) is 7.61. The van der Waals surface area contributed by atoms with Crippen molar-refractivity contribution in [2.75, 3.05) is 18.4 Å². The molecule has 2 fully saturated rings. The Balaban J connectivity index is 1.26. The second kappa shape index (κ2) is 11.1. The van der Waals surface area contributed by atoms with Gasteiger partial charge in [-0.25, -0.2) is 0 Å². The normalized spacial score (nSPS) is 18.1. The molecule has 1 saturated heterocycles. The molecule has 5 rings (SSSR count). The Hall–Kier alpha value is -3.51. The van der Waals surface area contributed by atoms with Crippen molar-refractivity contribution in [2.45, 2.75) is 63.8 Å². The van der Waals surface area contributed by atoms with E-state index in [4.69, 9.17) is 5.73 Å². The van der Waals surface area contributed by atoms with Crippen LogP contribution < -0.4 is 11.1 Å². The van der Waals surface area contributed by atoms with Crippen LogP contribution in [-0.2, 0) is 23.3 Å². The van der Waals surface area contributed by atoms with E-state index in [0.717, 1.165) is 51.7 Å². The molecule has 38 heavy (non-hydrogen) atoms. The Morgan fingerprint density at radius 1 is 1.18 bits per heavy atom. The molecule has 4 N–H and O–H groups in total. The number of nitrogens with zero attached hydrogens (tertiary/aromatic N) is 4. The highest BCUT2D eigenvalue weighted by Gasteiger charge is 2.39. The number of aromatic nitrogens is 2. The van der Waals surface area contributed by atoms with Crippen LogP contribution in [0.5, 0.6) is 0 Å². The molecule has 8 nitrogen and oxygen atoms in total. The fourth-order valence-electron chi connectivity index (χ4n) is 5.30. The van der Waals surface area contributed by atoms with Gasteiger partial charge in [0.25, 0.3) is 0 Å². The number of carbonyl (C=O) groups is 1. The third-order valence-electron chi connectivity index (χ3n) is 7.96. The van der Waals surface area contributed by atoms with Crippen molar-refractivity contribution in [3.05, 3.63) is 71.4 Å². The summed E-state index contributed by atoms with van der Waals surface area (Å²) in [6.07, 6.45) is 4.98. The molecule has 1 aliphatic carbocycles. The third kappa shape index (κ3) is 5.65. The summed E-state index contributed by atoms with van der Waals surface area (Å²) in [7, 11) is 0. The number of anilines is 1. The van der Waals surface area contributed by atoms with Crippen molar-refractivity contribution < 1.29 is 9.90 Å². The van der Waals surface area contributed by atoms with Gasteiger partial charge in [0.05, 0.1) is 23.6 Å². The molecule has 1 atom stereocenters. The van der Waals surface area contributed by atoms with E-state index in [2.05, 4.69) is 76.8 Å². The first-order chi connectivity index (χ1) is 18.4. The lowest BCUT2D eigenvalue weighted by Crippen LogP contribution is -2.46. The van der Waals surface area contributed by atoms with Crippen molar-refractivity contribution in [1.29, 1.82) is 5.26 Å². The number of aryl methyl sites for hydroxylation is 1. The van der Waals surface area contributed by atoms with Gasteiger partial charge in [-0.3, -0.25) is 14.4 Å². The molecule has 2 heterocycles. The van der Waals surface area contributed by atoms with E-state index in [1.54, 1.807) is 10.9 Å². The van der Waals surface area contributed by atoms with Crippen LogP contribution in [0.4, 0.5) is 5.82 Å². The quantitative estimate of drug-likeness (QED) is 0.367. The molecule has 1 aliphatic heterocycles. The van der Waals surface area contributed by atoms with Gasteiger partial charge in [0.1, 0.15) is 6.23 Å². The molecule has 2 aliphatic rings. The standard InChI is InChI=1S/C30H36N6O2/c1-2-21-4-3-5-25(18-21)23-8-6-22(7-9-23)19-35-16-13-30(12-15-31,14-17-35)36-20-26(27(32)37)28(34-36)33-29(38)24-10-11-24/h3-9,18,20,24,27,37H,2,10-14,16-17,19,32H2,1H3,(H,33,34,38). The second-order valence-corrected chi connectivity index (χ2v) is 10.7. The fourth-order valence-corrected chi connectivity index (χ4v) is 5.30. The summed E-state index contributed by atoms with van der Waals surface area (Å²) in [5.74, 6) is 0.210. The summed E-state index contributed by atoms with van der Waals surface area (Å²) in [4.78, 5) is 14.7. The molecule has 2 aromatic carbocycles. The van der Waals surface area contributed by atoms with Crippen molar-refractivity contribution in [2.24, 2.45) is 11.7 Å². The maximum Gasteiger partial charge on any atom is 0.228 e. The number of likely N-dealkylation sites (tertiary alicyclic amines) is 1. The van der Waals surface area contributed by atoms with Gasteiger partial charge in [-0.15, -0.1) is 0 Å². The van der Waals surface area contributed by atoms with E-state index in [-0.39, 0.29) is 11.8 Å². The number of benzene rings is 2. The zero-order valence-corrected chi connectivity index (χ0v) is 21.9. The zero-order valence-electron chi connectivity index (χ0n) is 21.9. The lowest BCUT2D eigenvalue weighted by molar-refractivity contribution is -0.117. The Morgan fingerprint density at radius 3 is 2.55 bits per heavy atom. The second-order valence-electron chi connectivity index (χ2n) is 10.7. The van der Waals surface area contributed by atoms with Crippen LogP contribution in [0.15, 0.2) is 54.7 Å². The molecule has 0 spiro atoms. The highest BCUT2D eigenvalue weighted by atomic mass is 16.3. The first-order valence-electron chi connectivity index (χ1n) is 13.5. The molecule has 198 valence electrons. The van der Waals surface area contributed by atoms with Gasteiger partial charge in [0.2, 0.25) is 5.91 Å². The van der Waals surface area contributed by atoms with Crippen molar-refractivity contribution >= 4 is 11.7 Å². The Morgan fingerprint density at radius 2 is 1.92 bits per heavy atom. The molecule has 0 bridgehead atoms. The molecule has 1 unspecified atom stereocenters. The average Bonchev–Trinajstić information content (AvgIpc) is 3.70. The molecule has 1 amide bonds. The van der Waals surface area contributed by atoms with Crippen molar-refractivity contribution in [3.8, 4) is 17.2 Å². The zero-order chi connectivity index (χ0) is 26.7. The van der Waals surface area contributed by atoms with Gasteiger partial charge in [0, 0.05) is 31.7 Å². The minimum Gasteiger partial charge on any atom is -0.374 e. The highest BCUT2D eigenvalue weighted by molar-refractivity contribution is 5.93. The molecule has 1 saturated carbocycles. The lowest BCUT2D eigenvalue weighted by Gasteiger charge is -2.40. The van der Waals surface area contributed by atoms with Crippen LogP contribution in [0.3, 0.4) is 0 Å². The predicted molar refractivity (Wildman–Crippen MR) is 147 cm³/mol. The number of aliphatic hydroxyl groups is 1. The molecule has 8 heteroatoms. The Labute approximate surface area is 224 Å². The summed E-state index contributed by atoms with van der Waals surface area (Å²) in [5, 5.41) is 27.2. The van der Waals surface area contributed by atoms with Crippen LogP contribution in [0.25, 0.3) is 11.1 Å². The smallest absolute Gasteiger partial charge is 0.228 e. The topological polar surface area (TPSA) is 120 Å². The number of aliphatic hydroxyl groups excluding tert-OH is 1. The number of nitrogens with two attached hydrogens (primary N) is 1. The van der Waals surface area contributed by atoms with Gasteiger partial charge in [0.15, 0.2) is 5.82 Å². The van der Waals surface area contributed by atoms with Gasteiger partial charge < -0.3 is 16.2 Å². The molecule has 0 radical (unpaired) electrons. The average molecular weight is 513 g/mol. The number of hydrogen-bond donors (Lipinski definition) is 3.